The van der Waals surface area contributed by atoms with E-state index >= 15 is 0 Å². The zero-order valence-corrected chi connectivity index (χ0v) is 14.2. The Hall–Kier alpha value is -0.0800. The van der Waals surface area contributed by atoms with Crippen molar-refractivity contribution in [2.24, 2.45) is 23.2 Å². The van der Waals surface area contributed by atoms with Crippen LogP contribution in [-0.4, -0.2) is 25.3 Å². The van der Waals surface area contributed by atoms with Crippen LogP contribution in [0, 0.1) is 23.2 Å². The van der Waals surface area contributed by atoms with Crippen LogP contribution in [0.4, 0.5) is 0 Å². The van der Waals surface area contributed by atoms with Crippen molar-refractivity contribution in [3.63, 3.8) is 0 Å². The summed E-state index contributed by atoms with van der Waals surface area (Å²) in [4.78, 5) is 0. The maximum atomic E-state index is 6.06. The van der Waals surface area contributed by atoms with Gasteiger partial charge in [0.25, 0.3) is 0 Å². The number of rotatable bonds is 6. The van der Waals surface area contributed by atoms with Gasteiger partial charge in [-0.25, -0.2) is 0 Å². The molecule has 2 saturated carbocycles. The third-order valence-corrected chi connectivity index (χ3v) is 5.72. The Labute approximate surface area is 126 Å². The summed E-state index contributed by atoms with van der Waals surface area (Å²) in [5.41, 5.74) is 0.298. The van der Waals surface area contributed by atoms with Crippen molar-refractivity contribution in [1.82, 2.24) is 5.32 Å². The Balaban J connectivity index is 1.72. The van der Waals surface area contributed by atoms with Crippen LogP contribution in [0.5, 0.6) is 0 Å². The highest BCUT2D eigenvalue weighted by molar-refractivity contribution is 5.03. The van der Waals surface area contributed by atoms with Gasteiger partial charge in [-0.3, -0.25) is 0 Å². The number of hydrogen-bond donors (Lipinski definition) is 1. The predicted octanol–water partition coefficient (Wildman–Crippen LogP) is 4.24. The average molecular weight is 281 g/mol. The Kier molecular flexibility index (Phi) is 5.53. The summed E-state index contributed by atoms with van der Waals surface area (Å²) >= 11 is 0. The molecular formula is C18H35NO. The maximum absolute atomic E-state index is 6.06. The highest BCUT2D eigenvalue weighted by Gasteiger charge is 2.48. The molecule has 0 bridgehead atoms. The first-order chi connectivity index (χ1) is 9.41. The second-order valence-corrected chi connectivity index (χ2v) is 8.26. The molecule has 20 heavy (non-hydrogen) atoms. The zero-order chi connectivity index (χ0) is 14.8. The van der Waals surface area contributed by atoms with E-state index in [0.717, 1.165) is 18.4 Å². The molecule has 118 valence electrons. The third-order valence-electron chi connectivity index (χ3n) is 5.72. The van der Waals surface area contributed by atoms with E-state index in [-0.39, 0.29) is 0 Å². The van der Waals surface area contributed by atoms with E-state index in [0.29, 0.717) is 23.5 Å². The fourth-order valence-electron chi connectivity index (χ4n) is 3.81. The fraction of sp³-hybridized carbons (Fsp3) is 1.00. The standard InChI is InChI=1S/C18H35NO/c1-13(2)12-20-17-10-16(18(17,4)5)19-11-15-9-7-6-8-14(15)3/h13-17,19H,6-12H2,1-5H3. The average Bonchev–Trinajstić information content (AvgIpc) is 2.38. The zero-order valence-electron chi connectivity index (χ0n) is 14.2. The van der Waals surface area contributed by atoms with E-state index in [1.807, 2.05) is 0 Å². The van der Waals surface area contributed by atoms with E-state index in [1.54, 1.807) is 0 Å². The molecule has 0 aliphatic heterocycles. The first kappa shape index (κ1) is 16.3. The summed E-state index contributed by atoms with van der Waals surface area (Å²) in [7, 11) is 0. The SMILES string of the molecule is CC(C)COC1CC(NCC2CCCCC2C)C1(C)C. The van der Waals surface area contributed by atoms with Gasteiger partial charge in [-0.05, 0) is 37.1 Å². The van der Waals surface area contributed by atoms with Gasteiger partial charge < -0.3 is 10.1 Å². The van der Waals surface area contributed by atoms with Crippen molar-refractivity contribution in [3.8, 4) is 0 Å². The number of hydrogen-bond acceptors (Lipinski definition) is 2. The van der Waals surface area contributed by atoms with Gasteiger partial charge >= 0.3 is 0 Å². The van der Waals surface area contributed by atoms with Crippen molar-refractivity contribution in [2.75, 3.05) is 13.2 Å². The van der Waals surface area contributed by atoms with Gasteiger partial charge in [-0.1, -0.05) is 53.9 Å². The molecule has 2 heteroatoms. The molecule has 0 spiro atoms. The molecule has 0 aromatic carbocycles. The van der Waals surface area contributed by atoms with Gasteiger partial charge in [0.2, 0.25) is 0 Å². The molecule has 0 aromatic rings. The topological polar surface area (TPSA) is 21.3 Å². The number of ether oxygens (including phenoxy) is 1. The quantitative estimate of drug-likeness (QED) is 0.786. The summed E-state index contributed by atoms with van der Waals surface area (Å²) in [5.74, 6) is 2.45. The molecule has 1 N–H and O–H groups in total. The van der Waals surface area contributed by atoms with Crippen LogP contribution in [0.15, 0.2) is 0 Å². The van der Waals surface area contributed by atoms with Crippen LogP contribution in [-0.2, 0) is 4.74 Å². The van der Waals surface area contributed by atoms with Crippen LogP contribution >= 0.6 is 0 Å². The molecule has 4 atom stereocenters. The molecule has 0 radical (unpaired) electrons. The second-order valence-electron chi connectivity index (χ2n) is 8.26. The minimum atomic E-state index is 0.298. The highest BCUT2D eigenvalue weighted by Crippen LogP contribution is 2.43. The summed E-state index contributed by atoms with van der Waals surface area (Å²) in [6.45, 7) is 13.7. The minimum absolute atomic E-state index is 0.298. The van der Waals surface area contributed by atoms with Crippen molar-refractivity contribution in [3.05, 3.63) is 0 Å². The van der Waals surface area contributed by atoms with E-state index < -0.39 is 0 Å². The number of nitrogens with one attached hydrogen (secondary N) is 1. The van der Waals surface area contributed by atoms with E-state index in [2.05, 4.69) is 39.9 Å². The molecule has 2 rings (SSSR count). The molecule has 2 nitrogen and oxygen atoms in total. The molecule has 2 aliphatic rings. The Morgan fingerprint density at radius 3 is 2.50 bits per heavy atom. The summed E-state index contributed by atoms with van der Waals surface area (Å²) in [6, 6.07) is 0.647. The summed E-state index contributed by atoms with van der Waals surface area (Å²) in [6.07, 6.45) is 7.38. The Morgan fingerprint density at radius 2 is 1.90 bits per heavy atom. The lowest BCUT2D eigenvalue weighted by molar-refractivity contribution is -0.124. The molecule has 2 aliphatic carbocycles. The van der Waals surface area contributed by atoms with Crippen LogP contribution in [0.2, 0.25) is 0 Å². The summed E-state index contributed by atoms with van der Waals surface area (Å²) in [5, 5.41) is 3.85. The molecule has 0 aromatic heterocycles. The second kappa shape index (κ2) is 6.79. The van der Waals surface area contributed by atoms with Crippen LogP contribution in [0.25, 0.3) is 0 Å². The van der Waals surface area contributed by atoms with Crippen molar-refractivity contribution in [1.29, 1.82) is 0 Å². The summed E-state index contributed by atoms with van der Waals surface area (Å²) < 4.78 is 6.06. The van der Waals surface area contributed by atoms with E-state index in [9.17, 15) is 0 Å². The van der Waals surface area contributed by atoms with Crippen molar-refractivity contribution < 1.29 is 4.74 Å². The van der Waals surface area contributed by atoms with Crippen molar-refractivity contribution in [2.45, 2.75) is 78.9 Å². The smallest absolute Gasteiger partial charge is 0.0656 e. The molecule has 0 heterocycles. The lowest BCUT2D eigenvalue weighted by Crippen LogP contribution is -2.61. The monoisotopic (exact) mass is 281 g/mol. The normalized spacial score (nSPS) is 36.9. The third kappa shape index (κ3) is 3.76. The van der Waals surface area contributed by atoms with Gasteiger partial charge in [-0.2, -0.15) is 0 Å². The first-order valence-corrected chi connectivity index (χ1v) is 8.76. The molecule has 0 saturated heterocycles. The largest absolute Gasteiger partial charge is 0.377 e. The minimum Gasteiger partial charge on any atom is -0.377 e. The van der Waals surface area contributed by atoms with Crippen LogP contribution in [0.1, 0.15) is 66.7 Å². The molecular weight excluding hydrogens is 246 g/mol. The van der Waals surface area contributed by atoms with Gasteiger partial charge in [-0.15, -0.1) is 0 Å². The molecule has 2 fully saturated rings. The first-order valence-electron chi connectivity index (χ1n) is 8.76. The van der Waals surface area contributed by atoms with Gasteiger partial charge in [0.15, 0.2) is 0 Å². The Bertz CT molecular complexity index is 300. The molecule has 4 unspecified atom stereocenters. The van der Waals surface area contributed by atoms with E-state index in [4.69, 9.17) is 4.74 Å². The van der Waals surface area contributed by atoms with Crippen molar-refractivity contribution >= 4 is 0 Å². The predicted molar refractivity (Wildman–Crippen MR) is 85.9 cm³/mol. The van der Waals surface area contributed by atoms with Gasteiger partial charge in [0, 0.05) is 18.1 Å². The van der Waals surface area contributed by atoms with Crippen LogP contribution < -0.4 is 5.32 Å². The fourth-order valence-corrected chi connectivity index (χ4v) is 3.81. The lowest BCUT2D eigenvalue weighted by atomic mass is 9.64. The van der Waals surface area contributed by atoms with Gasteiger partial charge in [0.1, 0.15) is 0 Å². The van der Waals surface area contributed by atoms with E-state index in [1.165, 1.54) is 38.6 Å². The Morgan fingerprint density at radius 1 is 1.20 bits per heavy atom. The maximum Gasteiger partial charge on any atom is 0.0656 e. The van der Waals surface area contributed by atoms with Crippen LogP contribution in [0.3, 0.4) is 0 Å². The molecule has 0 amide bonds. The highest BCUT2D eigenvalue weighted by atomic mass is 16.5. The lowest BCUT2D eigenvalue weighted by Gasteiger charge is -2.52. The van der Waals surface area contributed by atoms with Gasteiger partial charge in [0.05, 0.1) is 6.10 Å².